The molecule has 0 saturated heterocycles. The van der Waals surface area contributed by atoms with Gasteiger partial charge in [-0.3, -0.25) is 0 Å². The van der Waals surface area contributed by atoms with E-state index >= 15 is 0 Å². The highest BCUT2D eigenvalue weighted by Crippen LogP contribution is 2.31. The molecule has 0 aromatic heterocycles. The fourth-order valence-electron chi connectivity index (χ4n) is 3.15. The number of nitrogens with one attached hydrogen (secondary N) is 1. The SMILES string of the molecule is CCNC(c1cc(Cl)cc(Br)c1)c1ccc2c(c1)CCC2. The molecule has 0 bridgehead atoms. The molecular formula is C18H19BrClN. The third kappa shape index (κ3) is 3.33. The number of benzene rings is 2. The van der Waals surface area contributed by atoms with Crippen LogP contribution in [0.2, 0.25) is 5.02 Å². The Bertz CT molecular complexity index is 633. The Morgan fingerprint density at radius 2 is 1.90 bits per heavy atom. The summed E-state index contributed by atoms with van der Waals surface area (Å²) >= 11 is 9.76. The summed E-state index contributed by atoms with van der Waals surface area (Å²) in [5, 5.41) is 4.35. The second-order valence-corrected chi connectivity index (χ2v) is 6.93. The van der Waals surface area contributed by atoms with Crippen molar-refractivity contribution in [3.8, 4) is 0 Å². The van der Waals surface area contributed by atoms with Crippen LogP contribution in [0.4, 0.5) is 0 Å². The summed E-state index contributed by atoms with van der Waals surface area (Å²) in [6.45, 7) is 3.06. The molecular weight excluding hydrogens is 346 g/mol. The van der Waals surface area contributed by atoms with Gasteiger partial charge >= 0.3 is 0 Å². The van der Waals surface area contributed by atoms with E-state index in [1.165, 1.54) is 41.5 Å². The van der Waals surface area contributed by atoms with Crippen LogP contribution in [0.15, 0.2) is 40.9 Å². The molecule has 0 aliphatic heterocycles. The molecule has 110 valence electrons. The monoisotopic (exact) mass is 363 g/mol. The molecule has 3 heteroatoms. The maximum absolute atomic E-state index is 6.22. The van der Waals surface area contributed by atoms with E-state index in [4.69, 9.17) is 11.6 Å². The van der Waals surface area contributed by atoms with Crippen LogP contribution in [0.25, 0.3) is 0 Å². The van der Waals surface area contributed by atoms with Crippen molar-refractivity contribution in [2.75, 3.05) is 6.54 Å². The molecule has 0 saturated carbocycles. The summed E-state index contributed by atoms with van der Waals surface area (Å²) in [5.41, 5.74) is 5.55. The number of halogens is 2. The molecule has 2 aromatic rings. The standard InChI is InChI=1S/C18H19BrClN/c1-2-21-18(15-9-16(19)11-17(20)10-15)14-7-6-12-4-3-5-13(12)8-14/h6-11,18,21H,2-5H2,1H3. The molecule has 2 aromatic carbocycles. The van der Waals surface area contributed by atoms with Crippen LogP contribution in [0.5, 0.6) is 0 Å². The van der Waals surface area contributed by atoms with Crippen LogP contribution in [0.1, 0.15) is 41.6 Å². The van der Waals surface area contributed by atoms with E-state index in [9.17, 15) is 0 Å². The van der Waals surface area contributed by atoms with Crippen molar-refractivity contribution in [1.82, 2.24) is 5.32 Å². The van der Waals surface area contributed by atoms with Crippen LogP contribution in [0.3, 0.4) is 0 Å². The molecule has 1 nitrogen and oxygen atoms in total. The zero-order chi connectivity index (χ0) is 14.8. The van der Waals surface area contributed by atoms with E-state index in [1.54, 1.807) is 0 Å². The Hall–Kier alpha value is -0.830. The second-order valence-electron chi connectivity index (χ2n) is 5.58. The van der Waals surface area contributed by atoms with E-state index in [2.05, 4.69) is 52.4 Å². The van der Waals surface area contributed by atoms with E-state index in [0.29, 0.717) is 0 Å². The minimum atomic E-state index is 0.191. The van der Waals surface area contributed by atoms with Gasteiger partial charge in [0.1, 0.15) is 0 Å². The number of fused-ring (bicyclic) bond motifs is 1. The zero-order valence-electron chi connectivity index (χ0n) is 12.1. The van der Waals surface area contributed by atoms with Gasteiger partial charge in [0.2, 0.25) is 0 Å². The molecule has 1 N–H and O–H groups in total. The average molecular weight is 365 g/mol. The highest BCUT2D eigenvalue weighted by molar-refractivity contribution is 9.10. The van der Waals surface area contributed by atoms with Crippen molar-refractivity contribution < 1.29 is 0 Å². The molecule has 0 amide bonds. The van der Waals surface area contributed by atoms with Gasteiger partial charge in [-0.1, -0.05) is 52.7 Å². The van der Waals surface area contributed by atoms with Crippen molar-refractivity contribution >= 4 is 27.5 Å². The fraction of sp³-hybridized carbons (Fsp3) is 0.333. The lowest BCUT2D eigenvalue weighted by Crippen LogP contribution is -2.22. The summed E-state index contributed by atoms with van der Waals surface area (Å²) in [4.78, 5) is 0. The molecule has 1 aliphatic carbocycles. The highest BCUT2D eigenvalue weighted by atomic mass is 79.9. The lowest BCUT2D eigenvalue weighted by molar-refractivity contribution is 0.630. The van der Waals surface area contributed by atoms with Crippen molar-refractivity contribution in [2.45, 2.75) is 32.2 Å². The quantitative estimate of drug-likeness (QED) is 0.777. The Morgan fingerprint density at radius 1 is 1.10 bits per heavy atom. The Labute approximate surface area is 139 Å². The first-order valence-corrected chi connectivity index (χ1v) is 8.65. The predicted molar refractivity (Wildman–Crippen MR) is 93.1 cm³/mol. The molecule has 1 aliphatic rings. The molecule has 21 heavy (non-hydrogen) atoms. The van der Waals surface area contributed by atoms with Crippen molar-refractivity contribution in [2.24, 2.45) is 0 Å². The topological polar surface area (TPSA) is 12.0 Å². The van der Waals surface area contributed by atoms with Crippen LogP contribution in [0, 0.1) is 0 Å². The van der Waals surface area contributed by atoms with E-state index in [0.717, 1.165) is 16.0 Å². The number of aryl methyl sites for hydroxylation is 2. The molecule has 1 atom stereocenters. The zero-order valence-corrected chi connectivity index (χ0v) is 14.5. The van der Waals surface area contributed by atoms with Crippen molar-refractivity contribution in [1.29, 1.82) is 0 Å². The normalized spacial score (nSPS) is 15.0. The van der Waals surface area contributed by atoms with Gasteiger partial charge in [0.05, 0.1) is 6.04 Å². The van der Waals surface area contributed by atoms with Crippen LogP contribution in [-0.2, 0) is 12.8 Å². The lowest BCUT2D eigenvalue weighted by Gasteiger charge is -2.20. The number of hydrogen-bond acceptors (Lipinski definition) is 1. The van der Waals surface area contributed by atoms with Crippen LogP contribution < -0.4 is 5.32 Å². The van der Waals surface area contributed by atoms with Gasteiger partial charge in [-0.15, -0.1) is 0 Å². The lowest BCUT2D eigenvalue weighted by atomic mass is 9.95. The van der Waals surface area contributed by atoms with E-state index in [-0.39, 0.29) is 6.04 Å². The minimum absolute atomic E-state index is 0.191. The van der Waals surface area contributed by atoms with Gasteiger partial charge in [-0.2, -0.15) is 0 Å². The van der Waals surface area contributed by atoms with Gasteiger partial charge in [-0.25, -0.2) is 0 Å². The third-order valence-electron chi connectivity index (χ3n) is 4.08. The van der Waals surface area contributed by atoms with Gasteiger partial charge in [0, 0.05) is 9.50 Å². The highest BCUT2D eigenvalue weighted by Gasteiger charge is 2.17. The van der Waals surface area contributed by atoms with E-state index in [1.807, 2.05) is 12.1 Å². The molecule has 0 heterocycles. The second kappa shape index (κ2) is 6.51. The Morgan fingerprint density at radius 3 is 2.67 bits per heavy atom. The summed E-state index contributed by atoms with van der Waals surface area (Å²) < 4.78 is 1.02. The van der Waals surface area contributed by atoms with Crippen molar-refractivity contribution in [3.05, 3.63) is 68.1 Å². The van der Waals surface area contributed by atoms with E-state index < -0.39 is 0 Å². The first-order chi connectivity index (χ1) is 10.2. The third-order valence-corrected chi connectivity index (χ3v) is 4.76. The van der Waals surface area contributed by atoms with Gasteiger partial charge in [0.25, 0.3) is 0 Å². The van der Waals surface area contributed by atoms with Crippen LogP contribution in [-0.4, -0.2) is 6.54 Å². The average Bonchev–Trinajstić information content (AvgIpc) is 2.91. The summed E-state index contributed by atoms with van der Waals surface area (Å²) in [6.07, 6.45) is 3.72. The number of rotatable bonds is 4. The maximum Gasteiger partial charge on any atom is 0.0577 e. The molecule has 1 unspecified atom stereocenters. The van der Waals surface area contributed by atoms with Crippen molar-refractivity contribution in [3.63, 3.8) is 0 Å². The smallest absolute Gasteiger partial charge is 0.0577 e. The van der Waals surface area contributed by atoms with Crippen LogP contribution >= 0.6 is 27.5 Å². The summed E-state index contributed by atoms with van der Waals surface area (Å²) in [5.74, 6) is 0. The molecule has 3 rings (SSSR count). The van der Waals surface area contributed by atoms with Gasteiger partial charge in [0.15, 0.2) is 0 Å². The molecule has 0 radical (unpaired) electrons. The maximum atomic E-state index is 6.22. The largest absolute Gasteiger partial charge is 0.307 e. The van der Waals surface area contributed by atoms with Gasteiger partial charge < -0.3 is 5.32 Å². The Kier molecular flexibility index (Phi) is 4.68. The summed E-state index contributed by atoms with van der Waals surface area (Å²) in [6, 6.07) is 13.2. The molecule has 0 fully saturated rings. The number of hydrogen-bond donors (Lipinski definition) is 1. The first kappa shape index (κ1) is 15.1. The first-order valence-electron chi connectivity index (χ1n) is 7.48. The van der Waals surface area contributed by atoms with Gasteiger partial charge in [-0.05, 0) is 66.3 Å². The minimum Gasteiger partial charge on any atom is -0.307 e. The Balaban J connectivity index is 2.01. The predicted octanol–water partition coefficient (Wildman–Crippen LogP) is 5.29. The molecule has 0 spiro atoms. The fourth-order valence-corrected chi connectivity index (χ4v) is 4.03. The summed E-state index contributed by atoms with van der Waals surface area (Å²) in [7, 11) is 0.